The molecule has 216 valence electrons. The average Bonchev–Trinajstić information content (AvgIpc) is 3.49. The molecule has 2 fully saturated rings. The first kappa shape index (κ1) is 28.9. The molecule has 6 atom stereocenters. The van der Waals surface area contributed by atoms with Gasteiger partial charge < -0.3 is 23.8 Å². The van der Waals surface area contributed by atoms with Gasteiger partial charge in [-0.15, -0.1) is 21.8 Å². The third-order valence-corrected chi connectivity index (χ3v) is 8.63. The summed E-state index contributed by atoms with van der Waals surface area (Å²) in [5.41, 5.74) is 0.511. The monoisotopic (exact) mass is 631 g/mol. The Kier molecular flexibility index (Phi) is 8.42. The maximum Gasteiger partial charge on any atom is 0.283 e. The van der Waals surface area contributed by atoms with Crippen molar-refractivity contribution in [3.05, 3.63) is 99.6 Å². The van der Waals surface area contributed by atoms with E-state index in [4.69, 9.17) is 48.7 Å². The van der Waals surface area contributed by atoms with Crippen molar-refractivity contribution in [1.82, 2.24) is 20.0 Å². The van der Waals surface area contributed by atoms with E-state index in [2.05, 4.69) is 20.1 Å². The van der Waals surface area contributed by atoms with Gasteiger partial charge >= 0.3 is 0 Å². The van der Waals surface area contributed by atoms with E-state index in [-0.39, 0.29) is 23.7 Å². The highest BCUT2D eigenvalue weighted by Gasteiger charge is 2.52. The maximum absolute atomic E-state index is 14.2. The van der Waals surface area contributed by atoms with Crippen LogP contribution in [-0.2, 0) is 18.9 Å². The molecule has 2 aliphatic heterocycles. The minimum atomic E-state index is -0.914. The van der Waals surface area contributed by atoms with Crippen LogP contribution >= 0.6 is 35.0 Å². The van der Waals surface area contributed by atoms with Crippen molar-refractivity contribution in [3.8, 4) is 11.3 Å². The molecule has 0 bridgehead atoms. The Morgan fingerprint density at radius 1 is 1.12 bits per heavy atom. The fourth-order valence-electron chi connectivity index (χ4n) is 4.96. The Hall–Kier alpha value is -3.15. The number of thioether (sulfide) groups is 1. The molecule has 2 aromatic heterocycles. The molecule has 0 saturated carbocycles. The molecule has 0 spiro atoms. The number of fused-ring (bicyclic) bond motifs is 1. The molecular weight excluding hydrogens is 611 g/mol. The lowest BCUT2D eigenvalue weighted by Crippen LogP contribution is -2.59. The number of nitrogens with zero attached hydrogens (tertiary/aromatic N) is 5. The zero-order chi connectivity index (χ0) is 29.4. The minimum Gasteiger partial charge on any atom is -0.375 e. The zero-order valence-electron chi connectivity index (χ0n) is 21.7. The normalized spacial score (nSPS) is 25.5. The molecule has 42 heavy (non-hydrogen) atoms. The second-order valence-corrected chi connectivity index (χ2v) is 11.4. The topological polar surface area (TPSA) is 84.9 Å². The molecule has 6 rings (SSSR count). The fourth-order valence-corrected chi connectivity index (χ4v) is 6.55. The molecule has 9 nitrogen and oxygen atoms in total. The summed E-state index contributed by atoms with van der Waals surface area (Å²) in [7, 11) is 1.52. The van der Waals surface area contributed by atoms with Gasteiger partial charge in [-0.25, -0.2) is 13.5 Å². The third-order valence-electron chi connectivity index (χ3n) is 6.90. The maximum atomic E-state index is 14.2. The van der Waals surface area contributed by atoms with E-state index < -0.39 is 52.7 Å². The van der Waals surface area contributed by atoms with E-state index in [1.807, 2.05) is 30.3 Å². The Balaban J connectivity index is 1.39. The van der Waals surface area contributed by atoms with Crippen LogP contribution in [0.15, 0.2) is 65.8 Å². The molecule has 0 amide bonds. The largest absolute Gasteiger partial charge is 0.375 e. The van der Waals surface area contributed by atoms with Gasteiger partial charge in [0.1, 0.15) is 58.3 Å². The van der Waals surface area contributed by atoms with Crippen LogP contribution in [0.25, 0.3) is 16.1 Å². The molecule has 14 heteroatoms. The summed E-state index contributed by atoms with van der Waals surface area (Å²) in [5.74, 6) is -1.66. The quantitative estimate of drug-likeness (QED) is 0.172. The van der Waals surface area contributed by atoms with E-state index in [0.717, 1.165) is 17.7 Å². The first-order valence-corrected chi connectivity index (χ1v) is 14.3. The van der Waals surface area contributed by atoms with Crippen molar-refractivity contribution in [2.75, 3.05) is 13.7 Å². The second-order valence-electron chi connectivity index (χ2n) is 9.45. The second kappa shape index (κ2) is 12.2. The molecule has 0 N–H and O–H groups in total. The van der Waals surface area contributed by atoms with Crippen LogP contribution in [0.5, 0.6) is 0 Å². The van der Waals surface area contributed by atoms with Crippen molar-refractivity contribution in [2.24, 2.45) is 0 Å². The molecule has 3 unspecified atom stereocenters. The van der Waals surface area contributed by atoms with Gasteiger partial charge in [0, 0.05) is 23.1 Å². The number of methoxy groups -OCH3 is 1. The van der Waals surface area contributed by atoms with E-state index in [1.165, 1.54) is 25.1 Å². The van der Waals surface area contributed by atoms with Crippen molar-refractivity contribution in [2.45, 2.75) is 41.0 Å². The van der Waals surface area contributed by atoms with Crippen LogP contribution in [0, 0.1) is 18.2 Å². The predicted molar refractivity (Wildman–Crippen MR) is 150 cm³/mol. The number of benzene rings is 2. The van der Waals surface area contributed by atoms with Crippen molar-refractivity contribution >= 4 is 40.8 Å². The van der Waals surface area contributed by atoms with Crippen LogP contribution in [-0.4, -0.2) is 57.4 Å². The number of hydrogen-bond donors (Lipinski definition) is 0. The Labute approximate surface area is 253 Å². The number of hydrogen-bond acceptors (Lipinski definition) is 8. The summed E-state index contributed by atoms with van der Waals surface area (Å²) in [4.78, 5) is 8.13. The predicted octanol–water partition coefficient (Wildman–Crippen LogP) is 6.66. The summed E-state index contributed by atoms with van der Waals surface area (Å²) in [6, 6.07) is 12.6. The molecule has 4 heterocycles. The lowest BCUT2D eigenvalue weighted by molar-refractivity contribution is -0.308. The first-order chi connectivity index (χ1) is 20.4. The summed E-state index contributed by atoms with van der Waals surface area (Å²) in [6.07, 6.45) is 0.381. The van der Waals surface area contributed by atoms with Crippen LogP contribution in [0.4, 0.5) is 14.6 Å². The molecule has 0 aliphatic carbocycles. The fraction of sp³-hybridized carbons (Fsp3) is 0.286. The first-order valence-electron chi connectivity index (χ1n) is 12.6. The number of rotatable bonds is 6. The van der Waals surface area contributed by atoms with Crippen LogP contribution < -0.4 is 0 Å². The van der Waals surface area contributed by atoms with Crippen molar-refractivity contribution in [3.63, 3.8) is 0 Å². The SMILES string of the molecule is [C-]#[N+]c1ncc(Cl)cc1S[C@H]1OC2COC(c3ccccc3)O[C@@H]2[C@H](n2cc(-c3cc(F)c(Cl)c(F)c3)nn2)C1OC. The van der Waals surface area contributed by atoms with Gasteiger partial charge in [-0.1, -0.05) is 65.3 Å². The Bertz CT molecular complexity index is 1620. The van der Waals surface area contributed by atoms with E-state index in [0.29, 0.717) is 9.92 Å². The lowest BCUT2D eigenvalue weighted by Gasteiger charge is -2.48. The minimum absolute atomic E-state index is 0.158. The Morgan fingerprint density at radius 2 is 1.88 bits per heavy atom. The molecular formula is C28H21Cl2F2N5O4S. The lowest BCUT2D eigenvalue weighted by atomic mass is 9.95. The van der Waals surface area contributed by atoms with Gasteiger partial charge in [0.25, 0.3) is 5.82 Å². The number of aromatic nitrogens is 4. The summed E-state index contributed by atoms with van der Waals surface area (Å²) >= 11 is 13.1. The average molecular weight is 632 g/mol. The highest BCUT2D eigenvalue weighted by Crippen LogP contribution is 2.46. The van der Waals surface area contributed by atoms with Crippen LogP contribution in [0.3, 0.4) is 0 Å². The molecule has 2 saturated heterocycles. The van der Waals surface area contributed by atoms with E-state index in [1.54, 1.807) is 16.9 Å². The highest BCUT2D eigenvalue weighted by molar-refractivity contribution is 8.00. The number of halogens is 4. The van der Waals surface area contributed by atoms with Gasteiger partial charge in [0.15, 0.2) is 6.29 Å². The van der Waals surface area contributed by atoms with Crippen LogP contribution in [0.1, 0.15) is 17.9 Å². The zero-order valence-corrected chi connectivity index (χ0v) is 24.1. The summed E-state index contributed by atoms with van der Waals surface area (Å²) in [5, 5.41) is 8.26. The van der Waals surface area contributed by atoms with Crippen molar-refractivity contribution < 1.29 is 27.7 Å². The summed E-state index contributed by atoms with van der Waals surface area (Å²) in [6.45, 7) is 7.72. The molecule has 4 aromatic rings. The Morgan fingerprint density at radius 3 is 2.60 bits per heavy atom. The van der Waals surface area contributed by atoms with E-state index >= 15 is 0 Å². The summed E-state index contributed by atoms with van der Waals surface area (Å²) < 4.78 is 55.0. The van der Waals surface area contributed by atoms with Gasteiger partial charge in [-0.05, 0) is 18.2 Å². The van der Waals surface area contributed by atoms with E-state index in [9.17, 15) is 8.78 Å². The van der Waals surface area contributed by atoms with Gasteiger partial charge in [-0.3, -0.25) is 0 Å². The van der Waals surface area contributed by atoms with Gasteiger partial charge in [-0.2, -0.15) is 0 Å². The number of pyridine rings is 1. The third kappa shape index (κ3) is 5.61. The molecule has 2 aromatic carbocycles. The van der Waals surface area contributed by atoms with Crippen LogP contribution in [0.2, 0.25) is 10.0 Å². The molecule has 2 aliphatic rings. The number of ether oxygens (including phenoxy) is 4. The van der Waals surface area contributed by atoms with Gasteiger partial charge in [0.2, 0.25) is 0 Å². The highest BCUT2D eigenvalue weighted by atomic mass is 35.5. The standard InChI is InChI=1S/C28H21Cl2F2N5O4S/c1-33-26-21(10-16(29)11-34-26)42-28-25(38-2)23(24-20(40-28)13-39-27(41-24)14-6-4-3-5-7-14)37-12-19(35-36-37)15-8-17(31)22(30)18(32)9-15/h3-12,20,23-25,27-28H,13H2,2H3/t20?,23-,24-,25?,27?,28+/m0/s1. The van der Waals surface area contributed by atoms with Crippen molar-refractivity contribution in [1.29, 1.82) is 0 Å². The van der Waals surface area contributed by atoms with Gasteiger partial charge in [0.05, 0.1) is 17.8 Å². The smallest absolute Gasteiger partial charge is 0.283 e. The molecule has 0 radical (unpaired) electrons.